The number of carbonyl (C=O) groups is 2. The first-order chi connectivity index (χ1) is 12.0. The van der Waals surface area contributed by atoms with Gasteiger partial charge >= 0.3 is 42.1 Å². The van der Waals surface area contributed by atoms with Crippen LogP contribution in [0.2, 0.25) is 4.55 Å². The van der Waals surface area contributed by atoms with Crippen molar-refractivity contribution in [3.05, 3.63) is 0 Å². The first-order valence-electron chi connectivity index (χ1n) is 10.3. The molecule has 0 saturated heterocycles. The molecule has 5 heteroatoms. The average molecular weight is 367 g/mol. The molecule has 0 aromatic rings. The van der Waals surface area contributed by atoms with Gasteiger partial charge in [-0.15, -0.1) is 0 Å². The molecule has 0 atom stereocenters. The molecule has 0 saturated carbocycles. The third-order valence-electron chi connectivity index (χ3n) is 4.20. The van der Waals surface area contributed by atoms with Gasteiger partial charge in [-0.3, -0.25) is 0 Å². The summed E-state index contributed by atoms with van der Waals surface area (Å²) < 4.78 is 0.250. The first kappa shape index (κ1) is 26.9. The van der Waals surface area contributed by atoms with Crippen LogP contribution in [0.1, 0.15) is 110 Å². The van der Waals surface area contributed by atoms with Gasteiger partial charge in [0.1, 0.15) is 0 Å². The van der Waals surface area contributed by atoms with Gasteiger partial charge in [-0.25, -0.2) is 0 Å². The summed E-state index contributed by atoms with van der Waals surface area (Å²) in [5, 5.41) is 18.0. The molecule has 0 rings (SSSR count). The monoisotopic (exact) mass is 366 g/mol. The second-order valence-corrected chi connectivity index (χ2v) is 7.22. The minimum atomic E-state index is -0.903. The molecular weight excluding hydrogens is 329 g/mol. The summed E-state index contributed by atoms with van der Waals surface area (Å²) in [5.74, 6) is -1.64. The molecule has 0 aromatic heterocycles. The first-order valence-corrected chi connectivity index (χ1v) is 11.3. The van der Waals surface area contributed by atoms with E-state index in [2.05, 4.69) is 6.92 Å². The molecule has 144 valence electrons. The van der Waals surface area contributed by atoms with Crippen molar-refractivity contribution in [2.24, 2.45) is 0 Å². The van der Waals surface area contributed by atoms with Crippen LogP contribution in [0, 0.1) is 0 Å². The molecule has 0 aliphatic heterocycles. The summed E-state index contributed by atoms with van der Waals surface area (Å²) in [4.78, 5) is 19.6. The van der Waals surface area contributed by atoms with Gasteiger partial charge in [0.15, 0.2) is 0 Å². The van der Waals surface area contributed by atoms with Crippen molar-refractivity contribution in [2.75, 3.05) is 0 Å². The second kappa shape index (κ2) is 23.7. The molecule has 0 spiro atoms. The van der Waals surface area contributed by atoms with Crippen LogP contribution in [-0.4, -0.2) is 38.8 Å². The Balaban J connectivity index is 0. The predicted octanol–water partition coefficient (Wildman–Crippen LogP) is 4.66. The average Bonchev–Trinajstić information content (AvgIpc) is 2.58. The van der Waals surface area contributed by atoms with E-state index in [1.165, 1.54) is 105 Å². The van der Waals surface area contributed by atoms with E-state index in [1.807, 2.05) is 0 Å². The van der Waals surface area contributed by atoms with Crippen LogP contribution in [0.5, 0.6) is 0 Å². The summed E-state index contributed by atoms with van der Waals surface area (Å²) in [5.41, 5.74) is 0. The zero-order valence-electron chi connectivity index (χ0n) is 16.4. The fourth-order valence-electron chi connectivity index (χ4n) is 2.64. The Morgan fingerprint density at radius 2 is 1.00 bits per heavy atom. The SMILES string of the molecule is CCCCCCCCCCCCCCCCCC(=O)[O-].O=C(O)[CH2][Mg+]. The molecule has 0 unspecified atom stereocenters. The Kier molecular flexibility index (Phi) is 25.5. The quantitative estimate of drug-likeness (QED) is 0.300. The van der Waals surface area contributed by atoms with Gasteiger partial charge < -0.3 is 9.90 Å². The number of carboxylic acids is 2. The van der Waals surface area contributed by atoms with Crippen LogP contribution < -0.4 is 5.11 Å². The number of hydrogen-bond acceptors (Lipinski definition) is 3. The van der Waals surface area contributed by atoms with Crippen molar-refractivity contribution in [2.45, 2.75) is 114 Å². The summed E-state index contributed by atoms with van der Waals surface area (Å²) in [7, 11) is 0. The molecule has 1 N–H and O–H groups in total. The molecule has 0 aliphatic carbocycles. The normalized spacial score (nSPS) is 10.2. The maximum absolute atomic E-state index is 10.2. The maximum atomic E-state index is 10.2. The summed E-state index contributed by atoms with van der Waals surface area (Å²) in [6.45, 7) is 2.27. The van der Waals surface area contributed by atoms with E-state index >= 15 is 0 Å². The number of rotatable bonds is 17. The Hall–Kier alpha value is -0.294. The van der Waals surface area contributed by atoms with Gasteiger partial charge in [-0.2, -0.15) is 0 Å². The van der Waals surface area contributed by atoms with Crippen molar-refractivity contribution in [3.8, 4) is 0 Å². The van der Waals surface area contributed by atoms with E-state index < -0.39 is 11.9 Å². The van der Waals surface area contributed by atoms with E-state index in [-0.39, 0.29) is 11.0 Å². The minimum absolute atomic E-state index is 0.234. The van der Waals surface area contributed by atoms with E-state index in [4.69, 9.17) is 5.11 Å². The summed E-state index contributed by atoms with van der Waals surface area (Å²) in [6, 6.07) is 0. The number of unbranched alkanes of at least 4 members (excludes halogenated alkanes) is 14. The van der Waals surface area contributed by atoms with Crippen molar-refractivity contribution >= 4 is 33.6 Å². The summed E-state index contributed by atoms with van der Waals surface area (Å²) >= 11 is 1.43. The van der Waals surface area contributed by atoms with Crippen LogP contribution in [0.25, 0.3) is 0 Å². The van der Waals surface area contributed by atoms with Crippen LogP contribution >= 0.6 is 0 Å². The number of carboxylic acid groups (broad SMARTS) is 2. The van der Waals surface area contributed by atoms with Crippen LogP contribution in [0.15, 0.2) is 0 Å². The van der Waals surface area contributed by atoms with Crippen molar-refractivity contribution in [3.63, 3.8) is 0 Å². The Labute approximate surface area is 167 Å². The molecule has 0 aliphatic rings. The molecule has 0 aromatic carbocycles. The second-order valence-electron chi connectivity index (χ2n) is 6.72. The molecule has 25 heavy (non-hydrogen) atoms. The van der Waals surface area contributed by atoms with Crippen molar-refractivity contribution in [1.29, 1.82) is 0 Å². The Morgan fingerprint density at radius 3 is 1.24 bits per heavy atom. The standard InChI is InChI=1S/C18H36O2.C2H3O2.Mg/c1-2-3-4-5-6-7-8-9-10-11-12-13-14-15-16-17-18(19)20;1-2(3)4;/h2-17H2,1H3,(H,19,20);1H2,(H,3,4);/q;;+1/p-1. The van der Waals surface area contributed by atoms with Gasteiger partial charge in [0.2, 0.25) is 0 Å². The number of aliphatic carboxylic acids is 2. The topological polar surface area (TPSA) is 77.4 Å². The van der Waals surface area contributed by atoms with Crippen molar-refractivity contribution < 1.29 is 19.8 Å². The van der Waals surface area contributed by atoms with Crippen molar-refractivity contribution in [1.82, 2.24) is 0 Å². The Morgan fingerprint density at radius 1 is 0.720 bits per heavy atom. The molecular formula is C20H38MgO4. The summed E-state index contributed by atoms with van der Waals surface area (Å²) in [6.07, 6.45) is 19.9. The fraction of sp³-hybridized carbons (Fsp3) is 0.900. The molecule has 0 heterocycles. The third kappa shape index (κ3) is 31.9. The van der Waals surface area contributed by atoms with Crippen LogP contribution in [-0.2, 0) is 9.59 Å². The zero-order valence-corrected chi connectivity index (χ0v) is 17.8. The van der Waals surface area contributed by atoms with Gasteiger partial charge in [-0.1, -0.05) is 96.8 Å². The van der Waals surface area contributed by atoms with Crippen LogP contribution in [0.4, 0.5) is 0 Å². The van der Waals surface area contributed by atoms with E-state index in [9.17, 15) is 14.7 Å². The van der Waals surface area contributed by atoms with Gasteiger partial charge in [0, 0.05) is 5.97 Å². The number of carbonyl (C=O) groups excluding carboxylic acids is 1. The zero-order chi connectivity index (χ0) is 19.2. The van der Waals surface area contributed by atoms with E-state index in [0.29, 0.717) is 0 Å². The molecule has 0 fully saturated rings. The number of hydrogen-bond donors (Lipinski definition) is 1. The van der Waals surface area contributed by atoms with Gasteiger partial charge in [0.05, 0.1) is 0 Å². The van der Waals surface area contributed by atoms with E-state index in [1.54, 1.807) is 0 Å². The van der Waals surface area contributed by atoms with Gasteiger partial charge in [-0.05, 0) is 12.8 Å². The van der Waals surface area contributed by atoms with E-state index in [0.717, 1.165) is 12.8 Å². The molecule has 0 bridgehead atoms. The fourth-order valence-corrected chi connectivity index (χ4v) is 2.64. The predicted molar refractivity (Wildman–Crippen MR) is 103 cm³/mol. The third-order valence-corrected chi connectivity index (χ3v) is 4.63. The molecule has 0 amide bonds. The van der Waals surface area contributed by atoms with Gasteiger partial charge in [0.25, 0.3) is 0 Å². The Bertz CT molecular complexity index is 295. The molecule has 0 radical (unpaired) electrons. The van der Waals surface area contributed by atoms with Crippen LogP contribution in [0.3, 0.4) is 0 Å². The molecule has 4 nitrogen and oxygen atoms in total.